The summed E-state index contributed by atoms with van der Waals surface area (Å²) in [6.45, 7) is 1.84. The molecular weight excluding hydrogens is 318 g/mol. The lowest BCUT2D eigenvalue weighted by molar-refractivity contribution is -0.141. The average Bonchev–Trinajstić information content (AvgIpc) is 2.64. The van der Waals surface area contributed by atoms with Crippen LogP contribution >= 0.6 is 0 Å². The maximum atomic E-state index is 12.9. The summed E-state index contributed by atoms with van der Waals surface area (Å²) in [7, 11) is 3.42. The lowest BCUT2D eigenvalue weighted by Crippen LogP contribution is -2.51. The minimum atomic E-state index is -0.233. The van der Waals surface area contributed by atoms with Gasteiger partial charge >= 0.3 is 0 Å². The second-order valence-electron chi connectivity index (χ2n) is 6.92. The first-order chi connectivity index (χ1) is 12.1. The lowest BCUT2D eigenvalue weighted by Gasteiger charge is -2.39. The molecule has 0 aromatic heterocycles. The molecule has 2 saturated heterocycles. The number of benzene rings is 1. The normalized spacial score (nSPS) is 27.0. The molecule has 2 heterocycles. The molecule has 0 aliphatic carbocycles. The number of likely N-dealkylation sites (tertiary alicyclic amines) is 1. The van der Waals surface area contributed by atoms with E-state index in [1.54, 1.807) is 19.1 Å². The molecule has 6 heteroatoms. The van der Waals surface area contributed by atoms with Gasteiger partial charge in [-0.25, -0.2) is 0 Å². The Labute approximate surface area is 148 Å². The molecule has 0 bridgehead atoms. The van der Waals surface area contributed by atoms with E-state index in [4.69, 9.17) is 4.74 Å². The number of nitrogens with one attached hydrogen (secondary N) is 2. The number of methoxy groups -OCH3 is 1. The topological polar surface area (TPSA) is 70.7 Å². The molecule has 0 spiro atoms. The van der Waals surface area contributed by atoms with Gasteiger partial charge in [-0.05, 0) is 43.5 Å². The number of hydrogen-bond acceptors (Lipinski definition) is 4. The largest absolute Gasteiger partial charge is 0.497 e. The van der Waals surface area contributed by atoms with Crippen LogP contribution in [-0.4, -0.2) is 50.0 Å². The number of ether oxygens (including phenoxy) is 1. The SMILES string of the molecule is COc1ccc(C2C(C(=O)NC3CCCNC3)CCC(=O)N2C)cc1. The van der Waals surface area contributed by atoms with E-state index < -0.39 is 0 Å². The summed E-state index contributed by atoms with van der Waals surface area (Å²) in [5.41, 5.74) is 0.971. The van der Waals surface area contributed by atoms with Gasteiger partial charge in [0.2, 0.25) is 11.8 Å². The molecule has 2 aliphatic rings. The third-order valence-electron chi connectivity index (χ3n) is 5.30. The number of nitrogens with zero attached hydrogens (tertiary/aromatic N) is 1. The van der Waals surface area contributed by atoms with Crippen LogP contribution in [0.25, 0.3) is 0 Å². The van der Waals surface area contributed by atoms with Gasteiger partial charge in [0.05, 0.1) is 19.1 Å². The Kier molecular flexibility index (Phi) is 5.58. The summed E-state index contributed by atoms with van der Waals surface area (Å²) < 4.78 is 5.21. The third kappa shape index (κ3) is 3.95. The highest BCUT2D eigenvalue weighted by Crippen LogP contribution is 2.36. The first kappa shape index (κ1) is 17.7. The van der Waals surface area contributed by atoms with Crippen LogP contribution < -0.4 is 15.4 Å². The van der Waals surface area contributed by atoms with Crippen molar-refractivity contribution in [1.82, 2.24) is 15.5 Å². The van der Waals surface area contributed by atoms with Gasteiger partial charge < -0.3 is 20.3 Å². The first-order valence-corrected chi connectivity index (χ1v) is 9.01. The van der Waals surface area contributed by atoms with Gasteiger partial charge in [-0.15, -0.1) is 0 Å². The van der Waals surface area contributed by atoms with E-state index in [-0.39, 0.29) is 29.8 Å². The standard InChI is InChI=1S/C19H27N3O3/c1-22-17(23)10-9-16(19(24)21-14-4-3-11-20-12-14)18(22)13-5-7-15(25-2)8-6-13/h5-8,14,16,18,20H,3-4,9-12H2,1-2H3,(H,21,24). The third-order valence-corrected chi connectivity index (χ3v) is 5.30. The predicted octanol–water partition coefficient (Wildman–Crippen LogP) is 1.47. The highest BCUT2D eigenvalue weighted by atomic mass is 16.5. The molecule has 2 amide bonds. The van der Waals surface area contributed by atoms with Crippen molar-refractivity contribution in [3.8, 4) is 5.75 Å². The van der Waals surface area contributed by atoms with Crippen molar-refractivity contribution in [2.75, 3.05) is 27.2 Å². The summed E-state index contributed by atoms with van der Waals surface area (Å²) >= 11 is 0. The Hall–Kier alpha value is -2.08. The molecule has 0 saturated carbocycles. The number of amides is 2. The number of hydrogen-bond donors (Lipinski definition) is 2. The summed E-state index contributed by atoms with van der Waals surface area (Å²) in [5.74, 6) is 0.680. The smallest absolute Gasteiger partial charge is 0.225 e. The van der Waals surface area contributed by atoms with Crippen LogP contribution in [0.3, 0.4) is 0 Å². The van der Waals surface area contributed by atoms with Gasteiger partial charge in [0.25, 0.3) is 0 Å². The quantitative estimate of drug-likeness (QED) is 0.867. The summed E-state index contributed by atoms with van der Waals surface area (Å²) in [6.07, 6.45) is 3.10. The summed E-state index contributed by atoms with van der Waals surface area (Å²) in [5, 5.41) is 6.50. The Morgan fingerprint density at radius 2 is 2.04 bits per heavy atom. The first-order valence-electron chi connectivity index (χ1n) is 9.01. The van der Waals surface area contributed by atoms with Gasteiger partial charge in [0.1, 0.15) is 5.75 Å². The van der Waals surface area contributed by atoms with Crippen molar-refractivity contribution < 1.29 is 14.3 Å². The van der Waals surface area contributed by atoms with Crippen LogP contribution in [0.2, 0.25) is 0 Å². The number of piperidine rings is 2. The number of rotatable bonds is 4. The van der Waals surface area contributed by atoms with Gasteiger partial charge in [-0.2, -0.15) is 0 Å². The van der Waals surface area contributed by atoms with Gasteiger partial charge in [0.15, 0.2) is 0 Å². The molecule has 0 radical (unpaired) electrons. The molecular formula is C19H27N3O3. The van der Waals surface area contributed by atoms with Crippen molar-refractivity contribution >= 4 is 11.8 Å². The molecule has 6 nitrogen and oxygen atoms in total. The molecule has 3 unspecified atom stereocenters. The van der Waals surface area contributed by atoms with Crippen molar-refractivity contribution in [3.05, 3.63) is 29.8 Å². The van der Waals surface area contributed by atoms with Crippen molar-refractivity contribution in [1.29, 1.82) is 0 Å². The molecule has 2 N–H and O–H groups in total. The molecule has 3 atom stereocenters. The molecule has 2 aliphatic heterocycles. The fraction of sp³-hybridized carbons (Fsp3) is 0.579. The zero-order valence-electron chi connectivity index (χ0n) is 15.0. The molecule has 2 fully saturated rings. The zero-order chi connectivity index (χ0) is 17.8. The highest BCUT2D eigenvalue weighted by molar-refractivity contribution is 5.85. The van der Waals surface area contributed by atoms with E-state index in [1.165, 1.54) is 0 Å². The maximum Gasteiger partial charge on any atom is 0.225 e. The summed E-state index contributed by atoms with van der Waals surface area (Å²) in [6, 6.07) is 7.59. The van der Waals surface area contributed by atoms with Crippen molar-refractivity contribution in [2.24, 2.45) is 5.92 Å². The summed E-state index contributed by atoms with van der Waals surface area (Å²) in [4.78, 5) is 26.9. The molecule has 1 aromatic rings. The Balaban J connectivity index is 1.78. The lowest BCUT2D eigenvalue weighted by atomic mass is 9.83. The zero-order valence-corrected chi connectivity index (χ0v) is 15.0. The van der Waals surface area contributed by atoms with E-state index in [9.17, 15) is 9.59 Å². The molecule has 1 aromatic carbocycles. The van der Waals surface area contributed by atoms with E-state index in [2.05, 4.69) is 10.6 Å². The van der Waals surface area contributed by atoms with E-state index >= 15 is 0 Å². The molecule has 3 rings (SSSR count). The van der Waals surface area contributed by atoms with E-state index in [0.717, 1.165) is 37.2 Å². The van der Waals surface area contributed by atoms with Gasteiger partial charge in [-0.3, -0.25) is 9.59 Å². The van der Waals surface area contributed by atoms with Gasteiger partial charge in [-0.1, -0.05) is 12.1 Å². The monoisotopic (exact) mass is 345 g/mol. The van der Waals surface area contributed by atoms with Crippen molar-refractivity contribution in [3.63, 3.8) is 0 Å². The van der Waals surface area contributed by atoms with Crippen LogP contribution in [0.1, 0.15) is 37.3 Å². The van der Waals surface area contributed by atoms with E-state index in [0.29, 0.717) is 12.8 Å². The fourth-order valence-electron chi connectivity index (χ4n) is 3.85. The number of carbonyl (C=O) groups is 2. The van der Waals surface area contributed by atoms with Crippen LogP contribution in [-0.2, 0) is 9.59 Å². The Morgan fingerprint density at radius 3 is 2.68 bits per heavy atom. The Morgan fingerprint density at radius 1 is 1.28 bits per heavy atom. The van der Waals surface area contributed by atoms with Crippen LogP contribution in [0.5, 0.6) is 5.75 Å². The van der Waals surface area contributed by atoms with Crippen LogP contribution in [0.15, 0.2) is 24.3 Å². The average molecular weight is 345 g/mol. The predicted molar refractivity (Wildman–Crippen MR) is 95.3 cm³/mol. The molecule has 25 heavy (non-hydrogen) atoms. The van der Waals surface area contributed by atoms with E-state index in [1.807, 2.05) is 24.3 Å². The van der Waals surface area contributed by atoms with Crippen molar-refractivity contribution in [2.45, 2.75) is 37.8 Å². The van der Waals surface area contributed by atoms with Crippen LogP contribution in [0, 0.1) is 5.92 Å². The van der Waals surface area contributed by atoms with Gasteiger partial charge in [0, 0.05) is 26.1 Å². The maximum absolute atomic E-state index is 12.9. The fourth-order valence-corrected chi connectivity index (χ4v) is 3.85. The molecule has 136 valence electrons. The second-order valence-corrected chi connectivity index (χ2v) is 6.92. The minimum Gasteiger partial charge on any atom is -0.497 e. The number of carbonyl (C=O) groups excluding carboxylic acids is 2. The Bertz CT molecular complexity index is 611. The van der Waals surface area contributed by atoms with Crippen LogP contribution in [0.4, 0.5) is 0 Å². The minimum absolute atomic E-state index is 0.0499. The second kappa shape index (κ2) is 7.87. The highest BCUT2D eigenvalue weighted by Gasteiger charge is 2.39.